The van der Waals surface area contributed by atoms with E-state index in [0.717, 1.165) is 5.56 Å². The van der Waals surface area contributed by atoms with Crippen molar-refractivity contribution in [3.05, 3.63) is 18.0 Å². The Morgan fingerprint density at radius 2 is 2.04 bits per heavy atom. The van der Waals surface area contributed by atoms with Gasteiger partial charge in [0.1, 0.15) is 12.0 Å². The van der Waals surface area contributed by atoms with Gasteiger partial charge in [-0.1, -0.05) is 13.3 Å². The van der Waals surface area contributed by atoms with Gasteiger partial charge >= 0.3 is 11.9 Å². The highest BCUT2D eigenvalue weighted by Gasteiger charge is 2.48. The first-order valence-electron chi connectivity index (χ1n) is 8.28. The van der Waals surface area contributed by atoms with E-state index in [1.54, 1.807) is 12.4 Å². The third-order valence-electron chi connectivity index (χ3n) is 4.49. The molecule has 0 saturated carbocycles. The van der Waals surface area contributed by atoms with E-state index in [2.05, 4.69) is 15.3 Å². The molecule has 4 N–H and O–H groups in total. The number of aliphatic hydroxyl groups excluding tert-OH is 1. The number of aliphatic carboxylic acids is 2. The predicted molar refractivity (Wildman–Crippen MR) is 89.0 cm³/mol. The van der Waals surface area contributed by atoms with E-state index in [9.17, 15) is 19.8 Å². The van der Waals surface area contributed by atoms with Crippen LogP contribution in [0, 0.1) is 5.41 Å². The summed E-state index contributed by atoms with van der Waals surface area (Å²) in [6.07, 6.45) is 3.85. The van der Waals surface area contributed by atoms with E-state index in [1.807, 2.05) is 11.8 Å². The van der Waals surface area contributed by atoms with Gasteiger partial charge in [-0.15, -0.1) is 0 Å². The molecule has 1 aliphatic rings. The minimum atomic E-state index is -1.14. The second-order valence-corrected chi connectivity index (χ2v) is 6.39. The number of rotatable bonds is 8. The van der Waals surface area contributed by atoms with Crippen molar-refractivity contribution < 1.29 is 24.9 Å². The van der Waals surface area contributed by atoms with Crippen LogP contribution in [0.25, 0.3) is 0 Å². The molecule has 9 nitrogen and oxygen atoms in total. The van der Waals surface area contributed by atoms with E-state index in [4.69, 9.17) is 5.11 Å². The third kappa shape index (κ3) is 4.64. The van der Waals surface area contributed by atoms with Crippen LogP contribution in [0.2, 0.25) is 0 Å². The molecule has 0 aliphatic carbocycles. The molecule has 2 atom stereocenters. The maximum atomic E-state index is 11.8. The molecule has 2 heterocycles. The summed E-state index contributed by atoms with van der Waals surface area (Å²) in [6, 6.07) is 0. The average molecular weight is 352 g/mol. The van der Waals surface area contributed by atoms with Gasteiger partial charge in [-0.3, -0.25) is 14.5 Å². The molecule has 0 bridgehead atoms. The molecule has 9 heteroatoms. The van der Waals surface area contributed by atoms with Crippen molar-refractivity contribution in [1.29, 1.82) is 0 Å². The van der Waals surface area contributed by atoms with Gasteiger partial charge in [-0.05, 0) is 12.8 Å². The lowest BCUT2D eigenvalue weighted by Crippen LogP contribution is -2.55. The van der Waals surface area contributed by atoms with Crippen LogP contribution in [0.5, 0.6) is 0 Å². The number of nitrogens with zero attached hydrogens (tertiary/aromatic N) is 3. The number of nitrogens with one attached hydrogen (secondary N) is 1. The molecule has 25 heavy (non-hydrogen) atoms. The fourth-order valence-corrected chi connectivity index (χ4v) is 3.25. The smallest absolute Gasteiger partial charge is 0.322 e. The normalized spacial score (nSPS) is 24.0. The lowest BCUT2D eigenvalue weighted by Gasteiger charge is -2.43. The molecular formula is C16H24N4O5. The summed E-state index contributed by atoms with van der Waals surface area (Å²) in [7, 11) is 0. The fourth-order valence-electron chi connectivity index (χ4n) is 3.25. The summed E-state index contributed by atoms with van der Waals surface area (Å²) >= 11 is 0. The standard InChI is InChI=1S/C16H24N4O5/c1-2-4-16(14(24)25)10-20(5-3-12(16)21)9-11-6-17-15(18-7-11)19-8-13(22)23/h6-7,12,21H,2-5,8-10H2,1H3,(H,22,23)(H,24,25)(H,17,18,19)/t12-,16+/m0/s1. The Morgan fingerprint density at radius 1 is 1.36 bits per heavy atom. The first-order chi connectivity index (χ1) is 11.9. The first kappa shape index (κ1) is 19.1. The van der Waals surface area contributed by atoms with E-state index in [0.29, 0.717) is 32.4 Å². The second-order valence-electron chi connectivity index (χ2n) is 6.39. The molecule has 1 aromatic heterocycles. The number of aliphatic hydroxyl groups is 1. The summed E-state index contributed by atoms with van der Waals surface area (Å²) in [5, 5.41) is 31.1. The minimum absolute atomic E-state index is 0.228. The highest BCUT2D eigenvalue weighted by molar-refractivity contribution is 5.76. The van der Waals surface area contributed by atoms with Gasteiger partial charge in [-0.25, -0.2) is 9.97 Å². The van der Waals surface area contributed by atoms with Crippen molar-refractivity contribution in [2.45, 2.75) is 38.8 Å². The van der Waals surface area contributed by atoms with E-state index >= 15 is 0 Å². The Hall–Kier alpha value is -2.26. The number of likely N-dealkylation sites (tertiary alicyclic amines) is 1. The van der Waals surface area contributed by atoms with Crippen LogP contribution < -0.4 is 5.32 Å². The van der Waals surface area contributed by atoms with Gasteiger partial charge in [0, 0.05) is 37.6 Å². The third-order valence-corrected chi connectivity index (χ3v) is 4.49. The lowest BCUT2D eigenvalue weighted by atomic mass is 9.74. The summed E-state index contributed by atoms with van der Waals surface area (Å²) in [5.41, 5.74) is -0.343. The van der Waals surface area contributed by atoms with Gasteiger partial charge in [0.05, 0.1) is 6.10 Å². The summed E-state index contributed by atoms with van der Waals surface area (Å²) < 4.78 is 0. The number of hydrogen-bond acceptors (Lipinski definition) is 7. The van der Waals surface area contributed by atoms with Crippen LogP contribution >= 0.6 is 0 Å². The number of hydrogen-bond donors (Lipinski definition) is 4. The van der Waals surface area contributed by atoms with Gasteiger partial charge in [0.15, 0.2) is 0 Å². The topological polar surface area (TPSA) is 136 Å². The molecule has 0 amide bonds. The van der Waals surface area contributed by atoms with Crippen molar-refractivity contribution in [3.63, 3.8) is 0 Å². The minimum Gasteiger partial charge on any atom is -0.481 e. The second kappa shape index (κ2) is 8.21. The molecule has 0 spiro atoms. The van der Waals surface area contributed by atoms with E-state index in [1.165, 1.54) is 0 Å². The zero-order chi connectivity index (χ0) is 18.4. The monoisotopic (exact) mass is 352 g/mol. The van der Waals surface area contributed by atoms with Crippen molar-refractivity contribution in [3.8, 4) is 0 Å². The summed E-state index contributed by atoms with van der Waals surface area (Å²) in [6.45, 7) is 2.99. The SMILES string of the molecule is CCC[C@@]1(C(=O)O)CN(Cc2cnc(NCC(=O)O)nc2)CC[C@@H]1O. The van der Waals surface area contributed by atoms with Gasteiger partial charge in [0.25, 0.3) is 0 Å². The summed E-state index contributed by atoms with van der Waals surface area (Å²) in [5.74, 6) is -1.73. The molecule has 0 aromatic carbocycles. The van der Waals surface area contributed by atoms with Crippen LogP contribution in [0.1, 0.15) is 31.7 Å². The Labute approximate surface area is 145 Å². The number of piperidine rings is 1. The molecule has 1 saturated heterocycles. The van der Waals surface area contributed by atoms with Crippen molar-refractivity contribution in [2.24, 2.45) is 5.41 Å². The van der Waals surface area contributed by atoms with Gasteiger partial charge < -0.3 is 20.6 Å². The van der Waals surface area contributed by atoms with E-state index in [-0.39, 0.29) is 19.0 Å². The van der Waals surface area contributed by atoms with Crippen molar-refractivity contribution >= 4 is 17.9 Å². The number of carbonyl (C=O) groups is 2. The number of carboxylic acids is 2. The van der Waals surface area contributed by atoms with Crippen molar-refractivity contribution in [1.82, 2.24) is 14.9 Å². The highest BCUT2D eigenvalue weighted by Crippen LogP contribution is 2.36. The Morgan fingerprint density at radius 3 is 2.60 bits per heavy atom. The molecule has 0 radical (unpaired) electrons. The largest absolute Gasteiger partial charge is 0.481 e. The zero-order valence-corrected chi connectivity index (χ0v) is 14.2. The first-order valence-corrected chi connectivity index (χ1v) is 8.28. The Balaban J connectivity index is 2.02. The van der Waals surface area contributed by atoms with Crippen LogP contribution in [0.4, 0.5) is 5.95 Å². The molecule has 1 aliphatic heterocycles. The Kier molecular flexibility index (Phi) is 6.27. The quantitative estimate of drug-likeness (QED) is 0.524. The van der Waals surface area contributed by atoms with E-state index < -0.39 is 23.5 Å². The van der Waals surface area contributed by atoms with Gasteiger partial charge in [-0.2, -0.15) is 0 Å². The molecule has 1 fully saturated rings. The van der Waals surface area contributed by atoms with Gasteiger partial charge in [0.2, 0.25) is 5.95 Å². The average Bonchev–Trinajstić information content (AvgIpc) is 2.57. The van der Waals surface area contributed by atoms with Crippen molar-refractivity contribution in [2.75, 3.05) is 25.0 Å². The number of anilines is 1. The molecule has 138 valence electrons. The zero-order valence-electron chi connectivity index (χ0n) is 14.2. The maximum absolute atomic E-state index is 11.8. The molecular weight excluding hydrogens is 328 g/mol. The van der Waals surface area contributed by atoms with Crippen LogP contribution in [0.15, 0.2) is 12.4 Å². The van der Waals surface area contributed by atoms with Crippen LogP contribution in [-0.2, 0) is 16.1 Å². The van der Waals surface area contributed by atoms with Crippen LogP contribution in [-0.4, -0.2) is 67.9 Å². The van der Waals surface area contributed by atoms with Crippen LogP contribution in [0.3, 0.4) is 0 Å². The lowest BCUT2D eigenvalue weighted by molar-refractivity contribution is -0.164. The Bertz CT molecular complexity index is 609. The number of carboxylic acid groups (broad SMARTS) is 2. The fraction of sp³-hybridized carbons (Fsp3) is 0.625. The molecule has 0 unspecified atom stereocenters. The molecule has 2 rings (SSSR count). The summed E-state index contributed by atoms with van der Waals surface area (Å²) in [4.78, 5) is 32.4. The predicted octanol–water partition coefficient (Wildman–Crippen LogP) is 0.411. The highest BCUT2D eigenvalue weighted by atomic mass is 16.4. The number of aromatic nitrogens is 2. The molecule has 1 aromatic rings. The maximum Gasteiger partial charge on any atom is 0.322 e.